The number of aliphatic carboxylic acids is 1. The van der Waals surface area contributed by atoms with Crippen molar-refractivity contribution in [2.75, 3.05) is 24.5 Å². The highest BCUT2D eigenvalue weighted by atomic mass is 32.2. The fraction of sp³-hybridized carbons (Fsp3) is 0.645. The number of nitrogens with zero attached hydrogens (tertiary/aromatic N) is 4. The number of pyridine rings is 1. The second kappa shape index (κ2) is 16.2. The molecular weight excluding hydrogens is 572 g/mol. The third-order valence-corrected chi connectivity index (χ3v) is 9.06. The Hall–Kier alpha value is -2.68. The van der Waals surface area contributed by atoms with E-state index in [9.17, 15) is 19.6 Å². The fourth-order valence-corrected chi connectivity index (χ4v) is 6.99. The first-order valence-electron chi connectivity index (χ1n) is 15.1. The number of amides is 1. The molecule has 0 radical (unpaired) electrons. The van der Waals surface area contributed by atoms with Crippen molar-refractivity contribution in [2.45, 2.75) is 111 Å². The Morgan fingerprint density at radius 2 is 1.67 bits per heavy atom. The van der Waals surface area contributed by atoms with Crippen molar-refractivity contribution in [3.63, 3.8) is 0 Å². The van der Waals surface area contributed by atoms with Gasteiger partial charge in [0.25, 0.3) is 11.5 Å². The Bertz CT molecular complexity index is 1280. The number of hydrogen-bond acceptors (Lipinski definition) is 8. The molecule has 2 unspecified atom stereocenters. The minimum Gasteiger partial charge on any atom is -0.481 e. The van der Waals surface area contributed by atoms with Crippen molar-refractivity contribution in [3.05, 3.63) is 31.9 Å². The number of rotatable bonds is 15. The van der Waals surface area contributed by atoms with Gasteiger partial charge >= 0.3 is 5.97 Å². The predicted molar refractivity (Wildman–Crippen MR) is 172 cm³/mol. The molecule has 3 heterocycles. The number of carboxylic acids is 1. The quantitative estimate of drug-likeness (QED) is 0.147. The third-order valence-electron chi connectivity index (χ3n) is 7.68. The van der Waals surface area contributed by atoms with Crippen LogP contribution in [0.15, 0.2) is 9.70 Å². The number of carbonyl (C=O) groups is 2. The molecule has 1 N–H and O–H groups in total. The van der Waals surface area contributed by atoms with Crippen LogP contribution in [-0.4, -0.2) is 62.6 Å². The van der Waals surface area contributed by atoms with Crippen LogP contribution in [0.1, 0.15) is 102 Å². The van der Waals surface area contributed by atoms with E-state index >= 15 is 0 Å². The number of anilines is 1. The van der Waals surface area contributed by atoms with Crippen molar-refractivity contribution in [3.8, 4) is 6.07 Å². The minimum atomic E-state index is -0.732. The molecule has 0 bridgehead atoms. The van der Waals surface area contributed by atoms with Gasteiger partial charge in [-0.2, -0.15) is 5.26 Å². The van der Waals surface area contributed by atoms with Gasteiger partial charge in [-0.3, -0.25) is 23.9 Å². The van der Waals surface area contributed by atoms with Crippen molar-refractivity contribution in [1.82, 2.24) is 9.47 Å². The predicted octanol–water partition coefficient (Wildman–Crippen LogP) is 5.85. The van der Waals surface area contributed by atoms with Crippen molar-refractivity contribution in [2.24, 2.45) is 0 Å². The van der Waals surface area contributed by atoms with E-state index in [0.29, 0.717) is 46.5 Å². The minimum absolute atomic E-state index is 0.0297. The first-order chi connectivity index (χ1) is 20.1. The van der Waals surface area contributed by atoms with E-state index in [-0.39, 0.29) is 35.7 Å². The molecule has 2 aliphatic rings. The molecule has 0 spiro atoms. The van der Waals surface area contributed by atoms with E-state index in [0.717, 1.165) is 63.6 Å². The number of ether oxygens (including phenoxy) is 1. The number of morpholine rings is 1. The molecule has 1 aromatic heterocycles. The molecule has 2 saturated heterocycles. The number of carboxylic acid groups (broad SMARTS) is 1. The Kier molecular flexibility index (Phi) is 13.1. The summed E-state index contributed by atoms with van der Waals surface area (Å²) in [6.45, 7) is 10.0. The zero-order valence-corrected chi connectivity index (χ0v) is 27.0. The molecule has 0 saturated carbocycles. The monoisotopic (exact) mass is 616 g/mol. The number of thiocarbonyl (C=S) groups is 1. The van der Waals surface area contributed by atoms with Crippen molar-refractivity contribution in [1.29, 1.82) is 5.26 Å². The van der Waals surface area contributed by atoms with Gasteiger partial charge in [-0.25, -0.2) is 0 Å². The molecule has 0 aromatic carbocycles. The van der Waals surface area contributed by atoms with Gasteiger partial charge in [0.15, 0.2) is 0 Å². The van der Waals surface area contributed by atoms with Gasteiger partial charge in [0.05, 0.1) is 17.1 Å². The largest absolute Gasteiger partial charge is 0.481 e. The van der Waals surface area contributed by atoms with Crippen molar-refractivity contribution < 1.29 is 19.4 Å². The van der Waals surface area contributed by atoms with Crippen LogP contribution >= 0.6 is 24.0 Å². The lowest BCUT2D eigenvalue weighted by molar-refractivity contribution is -0.137. The van der Waals surface area contributed by atoms with Gasteiger partial charge in [-0.05, 0) is 51.7 Å². The zero-order valence-electron chi connectivity index (χ0n) is 25.3. The lowest BCUT2D eigenvalue weighted by Gasteiger charge is -2.39. The van der Waals surface area contributed by atoms with Gasteiger partial charge in [0, 0.05) is 38.2 Å². The summed E-state index contributed by atoms with van der Waals surface area (Å²) < 4.78 is 8.17. The van der Waals surface area contributed by atoms with Crippen LogP contribution in [0.2, 0.25) is 0 Å². The zero-order chi connectivity index (χ0) is 30.8. The second-order valence-corrected chi connectivity index (χ2v) is 12.9. The maximum absolute atomic E-state index is 13.5. The summed E-state index contributed by atoms with van der Waals surface area (Å²) in [6, 6.07) is 2.11. The van der Waals surface area contributed by atoms with Gasteiger partial charge in [-0.1, -0.05) is 69.4 Å². The second-order valence-electron chi connectivity index (χ2n) is 11.3. The molecule has 1 aromatic rings. The SMILES string of the molecule is CCCn1c(N2CC(C)OC(C)C2)c(C=C2SC(=S)N(CCCCCCCCCCC(=O)O)C2=O)c(C)c(C#N)c1=O. The maximum atomic E-state index is 13.5. The van der Waals surface area contributed by atoms with Crippen LogP contribution in [0.25, 0.3) is 6.08 Å². The van der Waals surface area contributed by atoms with E-state index in [2.05, 4.69) is 11.0 Å². The summed E-state index contributed by atoms with van der Waals surface area (Å²) in [5.74, 6) is -0.136. The highest BCUT2D eigenvalue weighted by molar-refractivity contribution is 8.26. The lowest BCUT2D eigenvalue weighted by Crippen LogP contribution is -2.48. The topological polar surface area (TPSA) is 116 Å². The van der Waals surface area contributed by atoms with Crippen LogP contribution < -0.4 is 10.5 Å². The van der Waals surface area contributed by atoms with Crippen LogP contribution in [0.5, 0.6) is 0 Å². The molecular formula is C31H44N4O5S2. The van der Waals surface area contributed by atoms with Crippen LogP contribution in [0.4, 0.5) is 5.82 Å². The first kappa shape index (κ1) is 33.8. The van der Waals surface area contributed by atoms with Crippen LogP contribution in [0, 0.1) is 18.3 Å². The number of aromatic nitrogens is 1. The maximum Gasteiger partial charge on any atom is 0.303 e. The van der Waals surface area contributed by atoms with Gasteiger partial charge in [0.1, 0.15) is 21.8 Å². The Morgan fingerprint density at radius 3 is 2.24 bits per heavy atom. The Labute approximate surface area is 258 Å². The highest BCUT2D eigenvalue weighted by Crippen LogP contribution is 2.36. The van der Waals surface area contributed by atoms with E-state index < -0.39 is 5.97 Å². The molecule has 42 heavy (non-hydrogen) atoms. The average Bonchev–Trinajstić information content (AvgIpc) is 3.19. The lowest BCUT2D eigenvalue weighted by atomic mass is 10.0. The molecule has 230 valence electrons. The van der Waals surface area contributed by atoms with E-state index in [1.54, 1.807) is 16.4 Å². The summed E-state index contributed by atoms with van der Waals surface area (Å²) in [4.78, 5) is 41.8. The molecule has 0 aliphatic carbocycles. The highest BCUT2D eigenvalue weighted by Gasteiger charge is 2.34. The number of unbranched alkanes of at least 4 members (excludes halogenated alkanes) is 7. The molecule has 2 aliphatic heterocycles. The van der Waals surface area contributed by atoms with Gasteiger partial charge < -0.3 is 14.7 Å². The molecule has 2 atom stereocenters. The summed E-state index contributed by atoms with van der Waals surface area (Å²) in [5, 5.41) is 18.6. The standard InChI is InChI=1S/C31H44N4O5S2/c1-5-15-34-28(33-19-21(2)40-22(3)20-33)24(23(4)25(18-32)29(34)38)17-26-30(39)35(31(41)42-26)16-13-11-9-7-6-8-10-12-14-27(36)37/h17,21-22H,5-16,19-20H2,1-4H3,(H,36,37). The van der Waals surface area contributed by atoms with E-state index in [1.807, 2.05) is 26.8 Å². The van der Waals surface area contributed by atoms with Crippen molar-refractivity contribution >= 4 is 52.1 Å². The molecule has 9 nitrogen and oxygen atoms in total. The summed E-state index contributed by atoms with van der Waals surface area (Å²) in [5.41, 5.74) is 1.09. The number of nitriles is 1. The van der Waals surface area contributed by atoms with E-state index in [4.69, 9.17) is 22.1 Å². The van der Waals surface area contributed by atoms with Gasteiger partial charge in [-0.15, -0.1) is 0 Å². The number of carbonyl (C=O) groups excluding carboxylic acids is 1. The molecule has 3 rings (SSSR count). The molecule has 2 fully saturated rings. The normalized spacial score (nSPS) is 20.0. The van der Waals surface area contributed by atoms with Gasteiger partial charge in [0.2, 0.25) is 0 Å². The fourth-order valence-electron chi connectivity index (χ4n) is 5.70. The molecule has 1 amide bonds. The number of hydrogen-bond donors (Lipinski definition) is 1. The Balaban J connectivity index is 1.76. The summed E-state index contributed by atoms with van der Waals surface area (Å²) >= 11 is 6.87. The Morgan fingerprint density at radius 1 is 1.07 bits per heavy atom. The number of thioether (sulfide) groups is 1. The smallest absolute Gasteiger partial charge is 0.303 e. The van der Waals surface area contributed by atoms with E-state index in [1.165, 1.54) is 11.8 Å². The van der Waals surface area contributed by atoms with Crippen LogP contribution in [0.3, 0.4) is 0 Å². The molecule has 11 heteroatoms. The average molecular weight is 617 g/mol. The van der Waals surface area contributed by atoms with Crippen LogP contribution in [-0.2, 0) is 20.9 Å². The summed E-state index contributed by atoms with van der Waals surface area (Å²) in [6.07, 6.45) is 10.6. The summed E-state index contributed by atoms with van der Waals surface area (Å²) in [7, 11) is 0. The third kappa shape index (κ3) is 8.68. The first-order valence-corrected chi connectivity index (χ1v) is 16.4.